The third-order valence-electron chi connectivity index (χ3n) is 2.05. The van der Waals surface area contributed by atoms with Gasteiger partial charge in [0.25, 0.3) is 0 Å². The summed E-state index contributed by atoms with van der Waals surface area (Å²) < 4.78 is 10.1. The second-order valence-corrected chi connectivity index (χ2v) is 2.94. The molecule has 0 spiro atoms. The molecule has 1 rings (SSSR count). The maximum atomic E-state index is 9.05. The van der Waals surface area contributed by atoms with Crippen LogP contribution in [0.4, 0.5) is 0 Å². The summed E-state index contributed by atoms with van der Waals surface area (Å²) in [5.74, 6) is 1.07. The van der Waals surface area contributed by atoms with Gasteiger partial charge in [0.05, 0.1) is 14.2 Å². The number of ether oxygens (including phenoxy) is 2. The number of methoxy groups -OCH3 is 2. The first kappa shape index (κ1) is 10.9. The Morgan fingerprint density at radius 1 is 1.07 bits per heavy atom. The molecule has 0 fully saturated rings. The molecule has 0 aliphatic rings. The van der Waals surface area contributed by atoms with Crippen molar-refractivity contribution < 1.29 is 19.5 Å². The highest BCUT2D eigenvalue weighted by Gasteiger charge is 2.17. The normalized spacial score (nSPS) is 9.79. The van der Waals surface area contributed by atoms with E-state index in [1.165, 1.54) is 14.2 Å². The lowest BCUT2D eigenvalue weighted by Gasteiger charge is -2.11. The van der Waals surface area contributed by atoms with Crippen LogP contribution in [0.25, 0.3) is 0 Å². The van der Waals surface area contributed by atoms with Crippen molar-refractivity contribution in [2.45, 2.75) is 6.92 Å². The Kier molecular flexibility index (Phi) is 3.38. The fraction of sp³-hybridized carbons (Fsp3) is 0.333. The molecular weight excluding hydrogens is 183 g/mol. The van der Waals surface area contributed by atoms with Crippen molar-refractivity contribution in [1.82, 2.24) is 0 Å². The molecule has 4 nitrogen and oxygen atoms in total. The van der Waals surface area contributed by atoms with E-state index in [1.54, 1.807) is 19.1 Å². The second kappa shape index (κ2) is 4.35. The minimum absolute atomic E-state index is 0.419. The molecule has 0 aliphatic carbocycles. The highest BCUT2D eigenvalue weighted by atomic mass is 16.5. The van der Waals surface area contributed by atoms with Gasteiger partial charge in [-0.3, -0.25) is 0 Å². The van der Waals surface area contributed by atoms with E-state index in [1.807, 2.05) is 0 Å². The summed E-state index contributed by atoms with van der Waals surface area (Å²) in [6.45, 7) is 1.77. The first-order valence-corrected chi connectivity index (χ1v) is 4.18. The molecular formula is C9H13BO4. The molecule has 0 saturated heterocycles. The third kappa shape index (κ3) is 2.00. The first-order chi connectivity index (χ1) is 6.60. The Balaban J connectivity index is 3.23. The summed E-state index contributed by atoms with van der Waals surface area (Å²) in [6.07, 6.45) is 0. The Morgan fingerprint density at radius 2 is 1.57 bits per heavy atom. The zero-order valence-corrected chi connectivity index (χ0v) is 8.44. The molecule has 1 aromatic rings. The molecule has 0 amide bonds. The lowest BCUT2D eigenvalue weighted by Crippen LogP contribution is -2.32. The first-order valence-electron chi connectivity index (χ1n) is 4.18. The molecule has 0 aliphatic heterocycles. The molecule has 0 heterocycles. The zero-order valence-electron chi connectivity index (χ0n) is 8.44. The van der Waals surface area contributed by atoms with E-state index in [4.69, 9.17) is 19.5 Å². The number of hydrogen-bond acceptors (Lipinski definition) is 4. The van der Waals surface area contributed by atoms with Crippen molar-refractivity contribution in [3.05, 3.63) is 17.7 Å². The molecule has 2 N–H and O–H groups in total. The van der Waals surface area contributed by atoms with Crippen LogP contribution in [0.2, 0.25) is 0 Å². The molecule has 0 bridgehead atoms. The van der Waals surface area contributed by atoms with Crippen LogP contribution in [0.1, 0.15) is 5.56 Å². The average Bonchev–Trinajstić information content (AvgIpc) is 2.16. The van der Waals surface area contributed by atoms with Crippen LogP contribution in [0.5, 0.6) is 11.5 Å². The van der Waals surface area contributed by atoms with Gasteiger partial charge in [0.15, 0.2) is 11.5 Å². The third-order valence-corrected chi connectivity index (χ3v) is 2.05. The fourth-order valence-corrected chi connectivity index (χ4v) is 1.27. The Bertz CT molecular complexity index is 325. The van der Waals surface area contributed by atoms with Gasteiger partial charge in [0, 0.05) is 0 Å². The van der Waals surface area contributed by atoms with Crippen LogP contribution in [-0.4, -0.2) is 31.4 Å². The molecule has 0 unspecified atom stereocenters. The number of benzene rings is 1. The summed E-state index contributed by atoms with van der Waals surface area (Å²) in [7, 11) is 1.54. The molecule has 0 saturated carbocycles. The van der Waals surface area contributed by atoms with Crippen LogP contribution < -0.4 is 14.9 Å². The maximum Gasteiger partial charge on any atom is 0.488 e. The van der Waals surface area contributed by atoms with Crippen molar-refractivity contribution in [2.75, 3.05) is 14.2 Å². The summed E-state index contributed by atoms with van der Waals surface area (Å²) >= 11 is 0. The monoisotopic (exact) mass is 196 g/mol. The van der Waals surface area contributed by atoms with Gasteiger partial charge in [-0.15, -0.1) is 0 Å². The molecule has 5 heteroatoms. The highest BCUT2D eigenvalue weighted by molar-refractivity contribution is 6.59. The SMILES string of the molecule is COc1cc(C)c(B(O)O)cc1OC. The van der Waals surface area contributed by atoms with E-state index in [0.717, 1.165) is 5.56 Å². The average molecular weight is 196 g/mol. The van der Waals surface area contributed by atoms with Crippen LogP contribution in [0, 0.1) is 6.92 Å². The largest absolute Gasteiger partial charge is 0.493 e. The van der Waals surface area contributed by atoms with E-state index in [0.29, 0.717) is 17.0 Å². The Labute approximate surface area is 83.2 Å². The predicted octanol–water partition coefficient (Wildman–Crippen LogP) is -0.308. The van der Waals surface area contributed by atoms with Crippen molar-refractivity contribution in [3.8, 4) is 11.5 Å². The topological polar surface area (TPSA) is 58.9 Å². The smallest absolute Gasteiger partial charge is 0.488 e. The van der Waals surface area contributed by atoms with Gasteiger partial charge >= 0.3 is 7.12 Å². The molecule has 14 heavy (non-hydrogen) atoms. The van der Waals surface area contributed by atoms with E-state index in [2.05, 4.69) is 0 Å². The van der Waals surface area contributed by atoms with Gasteiger partial charge in [-0.2, -0.15) is 0 Å². The minimum atomic E-state index is -1.49. The van der Waals surface area contributed by atoms with Crippen molar-refractivity contribution >= 4 is 12.6 Å². The molecule has 0 atom stereocenters. The zero-order chi connectivity index (χ0) is 10.7. The molecule has 0 aromatic heterocycles. The molecule has 1 aromatic carbocycles. The van der Waals surface area contributed by atoms with E-state index < -0.39 is 7.12 Å². The summed E-state index contributed by atoms with van der Waals surface area (Å²) in [5, 5.41) is 18.1. The van der Waals surface area contributed by atoms with Gasteiger partial charge in [0.1, 0.15) is 0 Å². The van der Waals surface area contributed by atoms with Crippen molar-refractivity contribution in [1.29, 1.82) is 0 Å². The van der Waals surface area contributed by atoms with Crippen LogP contribution in [0.15, 0.2) is 12.1 Å². The standard InChI is InChI=1S/C9H13BO4/c1-6-4-8(13-2)9(14-3)5-7(6)10(11)12/h4-5,11-12H,1-3H3. The lowest BCUT2D eigenvalue weighted by atomic mass is 9.77. The van der Waals surface area contributed by atoms with Gasteiger partial charge in [-0.1, -0.05) is 0 Å². The van der Waals surface area contributed by atoms with Gasteiger partial charge in [-0.25, -0.2) is 0 Å². The Hall–Kier alpha value is -1.20. The second-order valence-electron chi connectivity index (χ2n) is 2.94. The quantitative estimate of drug-likeness (QED) is 0.651. The van der Waals surface area contributed by atoms with Crippen LogP contribution in [-0.2, 0) is 0 Å². The van der Waals surface area contributed by atoms with E-state index >= 15 is 0 Å². The summed E-state index contributed by atoms with van der Waals surface area (Å²) in [6, 6.07) is 3.26. The minimum Gasteiger partial charge on any atom is -0.493 e. The fourth-order valence-electron chi connectivity index (χ4n) is 1.27. The number of aryl methyl sites for hydroxylation is 1. The highest BCUT2D eigenvalue weighted by Crippen LogP contribution is 2.26. The number of rotatable bonds is 3. The van der Waals surface area contributed by atoms with Crippen molar-refractivity contribution in [3.63, 3.8) is 0 Å². The van der Waals surface area contributed by atoms with E-state index in [9.17, 15) is 0 Å². The van der Waals surface area contributed by atoms with Crippen LogP contribution in [0.3, 0.4) is 0 Å². The summed E-state index contributed by atoms with van der Waals surface area (Å²) in [5.41, 5.74) is 1.17. The predicted molar refractivity (Wildman–Crippen MR) is 54.1 cm³/mol. The van der Waals surface area contributed by atoms with Gasteiger partial charge in [0.2, 0.25) is 0 Å². The van der Waals surface area contributed by atoms with Crippen LogP contribution >= 0.6 is 0 Å². The van der Waals surface area contributed by atoms with Gasteiger partial charge < -0.3 is 19.5 Å². The van der Waals surface area contributed by atoms with Gasteiger partial charge in [-0.05, 0) is 30.1 Å². The van der Waals surface area contributed by atoms with E-state index in [-0.39, 0.29) is 0 Å². The molecule has 0 radical (unpaired) electrons. The number of hydrogen-bond donors (Lipinski definition) is 2. The van der Waals surface area contributed by atoms with Crippen molar-refractivity contribution in [2.24, 2.45) is 0 Å². The summed E-state index contributed by atoms with van der Waals surface area (Å²) in [4.78, 5) is 0. The Morgan fingerprint density at radius 3 is 2.00 bits per heavy atom. The maximum absolute atomic E-state index is 9.05. The lowest BCUT2D eigenvalue weighted by molar-refractivity contribution is 0.354. The molecule has 76 valence electrons.